The Labute approximate surface area is 172 Å². The monoisotopic (exact) mass is 387 g/mol. The zero-order chi connectivity index (χ0) is 20.3. The molecule has 2 aromatic carbocycles. The highest BCUT2D eigenvalue weighted by atomic mass is 15.2. The Morgan fingerprint density at radius 1 is 0.862 bits per heavy atom. The predicted octanol–water partition coefficient (Wildman–Crippen LogP) is 4.78. The van der Waals surface area contributed by atoms with Crippen molar-refractivity contribution in [2.45, 2.75) is 26.9 Å². The van der Waals surface area contributed by atoms with Crippen molar-refractivity contribution in [2.24, 2.45) is 0 Å². The standard InChI is InChI=1S/C15H16N4.C9H13N/c1-2-19(10-12-6-4-3-5-7-12)15-13-8-9-16-14(13)17-11-18-15;1-2-10-8-9-6-4-3-5-7-9/h3-9,11H,2,10H2,1H3,(H,16,17,18);3-7,10H,2,8H2,1H3. The average Bonchev–Trinajstić information content (AvgIpc) is 3.27. The summed E-state index contributed by atoms with van der Waals surface area (Å²) < 4.78 is 0. The number of H-pyrrole nitrogens is 1. The SMILES string of the molecule is CCN(Cc1ccccc1)c1ncnc2[nH]ccc12.CCNCc1ccccc1. The fourth-order valence-corrected chi connectivity index (χ4v) is 3.12. The number of anilines is 1. The first kappa shape index (κ1) is 20.6. The van der Waals surface area contributed by atoms with Crippen LogP contribution in [-0.4, -0.2) is 28.0 Å². The second-order valence-electron chi connectivity index (χ2n) is 6.70. The number of fused-ring (bicyclic) bond motifs is 1. The Hall–Kier alpha value is -3.18. The summed E-state index contributed by atoms with van der Waals surface area (Å²) in [6.07, 6.45) is 3.51. The molecule has 150 valence electrons. The lowest BCUT2D eigenvalue weighted by molar-refractivity contribution is 0.727. The summed E-state index contributed by atoms with van der Waals surface area (Å²) in [4.78, 5) is 14.1. The third-order valence-corrected chi connectivity index (χ3v) is 4.65. The van der Waals surface area contributed by atoms with Crippen molar-refractivity contribution in [3.8, 4) is 0 Å². The van der Waals surface area contributed by atoms with Crippen molar-refractivity contribution in [1.29, 1.82) is 0 Å². The highest BCUT2D eigenvalue weighted by Crippen LogP contribution is 2.23. The van der Waals surface area contributed by atoms with Gasteiger partial charge in [0.15, 0.2) is 0 Å². The summed E-state index contributed by atoms with van der Waals surface area (Å²) in [7, 11) is 0. The lowest BCUT2D eigenvalue weighted by atomic mass is 10.2. The molecule has 0 aliphatic carbocycles. The number of benzene rings is 2. The molecule has 0 aliphatic rings. The van der Waals surface area contributed by atoms with E-state index >= 15 is 0 Å². The fourth-order valence-electron chi connectivity index (χ4n) is 3.12. The quantitative estimate of drug-likeness (QED) is 0.479. The molecule has 0 saturated carbocycles. The van der Waals surface area contributed by atoms with Crippen LogP contribution < -0.4 is 10.2 Å². The molecule has 5 heteroatoms. The van der Waals surface area contributed by atoms with E-state index in [0.717, 1.165) is 43.0 Å². The average molecular weight is 388 g/mol. The summed E-state index contributed by atoms with van der Waals surface area (Å²) in [5.74, 6) is 0.984. The number of nitrogens with one attached hydrogen (secondary N) is 2. The molecule has 5 nitrogen and oxygen atoms in total. The Balaban J connectivity index is 0.000000204. The Kier molecular flexibility index (Phi) is 7.78. The minimum Gasteiger partial charge on any atom is -0.352 e. The number of rotatable bonds is 7. The van der Waals surface area contributed by atoms with Crippen molar-refractivity contribution in [3.05, 3.63) is 90.4 Å². The molecule has 4 rings (SSSR count). The van der Waals surface area contributed by atoms with Gasteiger partial charge in [0, 0.05) is 25.8 Å². The van der Waals surface area contributed by atoms with Crippen LogP contribution in [-0.2, 0) is 13.1 Å². The second-order valence-corrected chi connectivity index (χ2v) is 6.70. The number of hydrogen-bond acceptors (Lipinski definition) is 4. The molecule has 0 aliphatic heterocycles. The van der Waals surface area contributed by atoms with Gasteiger partial charge < -0.3 is 15.2 Å². The summed E-state index contributed by atoms with van der Waals surface area (Å²) in [5.41, 5.74) is 3.52. The van der Waals surface area contributed by atoms with Crippen molar-refractivity contribution in [1.82, 2.24) is 20.3 Å². The van der Waals surface area contributed by atoms with Gasteiger partial charge in [0.2, 0.25) is 0 Å². The zero-order valence-electron chi connectivity index (χ0n) is 17.2. The van der Waals surface area contributed by atoms with E-state index < -0.39 is 0 Å². The lowest BCUT2D eigenvalue weighted by Crippen LogP contribution is -2.23. The van der Waals surface area contributed by atoms with Crippen LogP contribution in [0.4, 0.5) is 5.82 Å². The maximum Gasteiger partial charge on any atom is 0.142 e. The van der Waals surface area contributed by atoms with Crippen molar-refractivity contribution < 1.29 is 0 Å². The number of nitrogens with zero attached hydrogens (tertiary/aromatic N) is 3. The zero-order valence-corrected chi connectivity index (χ0v) is 17.2. The Morgan fingerprint density at radius 3 is 2.21 bits per heavy atom. The van der Waals surface area contributed by atoms with Gasteiger partial charge in [-0.15, -0.1) is 0 Å². The molecular formula is C24H29N5. The van der Waals surface area contributed by atoms with Gasteiger partial charge in [0.05, 0.1) is 5.39 Å². The van der Waals surface area contributed by atoms with Gasteiger partial charge in [-0.05, 0) is 30.7 Å². The van der Waals surface area contributed by atoms with E-state index in [2.05, 4.69) is 87.5 Å². The molecule has 0 fully saturated rings. The normalized spacial score (nSPS) is 10.4. The van der Waals surface area contributed by atoms with Crippen LogP contribution in [0.1, 0.15) is 25.0 Å². The Bertz CT molecular complexity index is 966. The van der Waals surface area contributed by atoms with E-state index in [0.29, 0.717) is 0 Å². The third-order valence-electron chi connectivity index (χ3n) is 4.65. The predicted molar refractivity (Wildman–Crippen MR) is 121 cm³/mol. The van der Waals surface area contributed by atoms with Crippen molar-refractivity contribution >= 4 is 16.9 Å². The number of aromatic amines is 1. The molecule has 2 N–H and O–H groups in total. The van der Waals surface area contributed by atoms with Crippen LogP contribution in [0.2, 0.25) is 0 Å². The number of hydrogen-bond donors (Lipinski definition) is 2. The van der Waals surface area contributed by atoms with Crippen LogP contribution in [0.3, 0.4) is 0 Å². The highest BCUT2D eigenvalue weighted by Gasteiger charge is 2.11. The first-order valence-electron chi connectivity index (χ1n) is 10.1. The largest absolute Gasteiger partial charge is 0.352 e. The van der Waals surface area contributed by atoms with Crippen LogP contribution in [0.15, 0.2) is 79.3 Å². The smallest absolute Gasteiger partial charge is 0.142 e. The van der Waals surface area contributed by atoms with Crippen LogP contribution in [0.5, 0.6) is 0 Å². The van der Waals surface area contributed by atoms with Gasteiger partial charge in [-0.1, -0.05) is 67.6 Å². The molecule has 0 bridgehead atoms. The number of aromatic nitrogens is 3. The lowest BCUT2D eigenvalue weighted by Gasteiger charge is -2.22. The van der Waals surface area contributed by atoms with E-state index in [4.69, 9.17) is 0 Å². The summed E-state index contributed by atoms with van der Waals surface area (Å²) in [5, 5.41) is 4.33. The fraction of sp³-hybridized carbons (Fsp3) is 0.250. The van der Waals surface area contributed by atoms with Crippen molar-refractivity contribution in [2.75, 3.05) is 18.0 Å². The van der Waals surface area contributed by atoms with Gasteiger partial charge >= 0.3 is 0 Å². The molecular weight excluding hydrogens is 358 g/mol. The first-order valence-corrected chi connectivity index (χ1v) is 10.1. The molecule has 0 spiro atoms. The first-order chi connectivity index (χ1) is 14.3. The molecule has 0 amide bonds. The van der Waals surface area contributed by atoms with Gasteiger partial charge in [0.25, 0.3) is 0 Å². The molecule has 29 heavy (non-hydrogen) atoms. The molecule has 4 aromatic rings. The van der Waals surface area contributed by atoms with E-state index in [1.165, 1.54) is 11.1 Å². The van der Waals surface area contributed by atoms with E-state index in [9.17, 15) is 0 Å². The van der Waals surface area contributed by atoms with Gasteiger partial charge in [-0.25, -0.2) is 9.97 Å². The topological polar surface area (TPSA) is 56.8 Å². The van der Waals surface area contributed by atoms with E-state index in [1.54, 1.807) is 6.33 Å². The van der Waals surface area contributed by atoms with E-state index in [1.807, 2.05) is 24.4 Å². The summed E-state index contributed by atoms with van der Waals surface area (Å²) >= 11 is 0. The minimum absolute atomic E-state index is 0.856. The summed E-state index contributed by atoms with van der Waals surface area (Å²) in [6, 6.07) is 22.9. The maximum absolute atomic E-state index is 4.44. The summed E-state index contributed by atoms with van der Waals surface area (Å²) in [6.45, 7) is 8.04. The molecule has 0 radical (unpaired) electrons. The van der Waals surface area contributed by atoms with Gasteiger partial charge in [-0.3, -0.25) is 0 Å². The third kappa shape index (κ3) is 5.90. The molecule has 0 saturated heterocycles. The Morgan fingerprint density at radius 2 is 1.55 bits per heavy atom. The second kappa shape index (κ2) is 11.0. The molecule has 2 aromatic heterocycles. The van der Waals surface area contributed by atoms with Crippen LogP contribution >= 0.6 is 0 Å². The highest BCUT2D eigenvalue weighted by molar-refractivity contribution is 5.87. The molecule has 0 atom stereocenters. The van der Waals surface area contributed by atoms with Gasteiger partial charge in [-0.2, -0.15) is 0 Å². The maximum atomic E-state index is 4.44. The van der Waals surface area contributed by atoms with Crippen molar-refractivity contribution in [3.63, 3.8) is 0 Å². The molecule has 2 heterocycles. The van der Waals surface area contributed by atoms with Crippen LogP contribution in [0.25, 0.3) is 11.0 Å². The van der Waals surface area contributed by atoms with E-state index in [-0.39, 0.29) is 0 Å². The van der Waals surface area contributed by atoms with Crippen LogP contribution in [0, 0.1) is 0 Å². The minimum atomic E-state index is 0.856. The van der Waals surface area contributed by atoms with Gasteiger partial charge in [0.1, 0.15) is 17.8 Å². The molecule has 0 unspecified atom stereocenters.